The van der Waals surface area contributed by atoms with Gasteiger partial charge < -0.3 is 5.32 Å². The van der Waals surface area contributed by atoms with Crippen molar-refractivity contribution in [2.24, 2.45) is 0 Å². The number of halogens is 2. The summed E-state index contributed by atoms with van der Waals surface area (Å²) in [7, 11) is 0. The number of anilines is 1. The molecule has 2 rings (SSSR count). The molecule has 0 aliphatic rings. The van der Waals surface area contributed by atoms with Crippen LogP contribution >= 0.6 is 0 Å². The van der Waals surface area contributed by atoms with Crippen molar-refractivity contribution in [3.8, 4) is 0 Å². The Hall–Kier alpha value is -2.30. The van der Waals surface area contributed by atoms with Gasteiger partial charge in [0, 0.05) is 6.07 Å². The maximum absolute atomic E-state index is 13.3. The molecular weight excluding hydrogens is 226 g/mol. The number of pyridine rings is 1. The Balaban J connectivity index is 2.20. The second-order valence-corrected chi connectivity index (χ2v) is 3.33. The van der Waals surface area contributed by atoms with E-state index in [4.69, 9.17) is 0 Å². The van der Waals surface area contributed by atoms with E-state index in [0.717, 1.165) is 12.3 Å². The fourth-order valence-corrected chi connectivity index (χ4v) is 1.32. The summed E-state index contributed by atoms with van der Waals surface area (Å²) < 4.78 is 26.1. The Bertz CT molecular complexity index is 558. The van der Waals surface area contributed by atoms with Crippen molar-refractivity contribution in [2.45, 2.75) is 0 Å². The second kappa shape index (κ2) is 4.69. The summed E-state index contributed by atoms with van der Waals surface area (Å²) in [5, 5.41) is 2.36. The number of carbonyl (C=O) groups is 1. The van der Waals surface area contributed by atoms with Crippen molar-refractivity contribution in [2.75, 3.05) is 5.32 Å². The Morgan fingerprint density at radius 3 is 2.65 bits per heavy atom. The molecule has 1 heterocycles. The number of nitrogens with zero attached hydrogens (tertiary/aromatic N) is 1. The SMILES string of the molecule is O=C(Nc1cncc(F)c1)c1ccccc1F. The topological polar surface area (TPSA) is 42.0 Å². The smallest absolute Gasteiger partial charge is 0.258 e. The van der Waals surface area contributed by atoms with Crippen LogP contribution in [-0.4, -0.2) is 10.9 Å². The fraction of sp³-hybridized carbons (Fsp3) is 0. The van der Waals surface area contributed by atoms with E-state index in [2.05, 4.69) is 10.3 Å². The van der Waals surface area contributed by atoms with E-state index in [1.807, 2.05) is 0 Å². The van der Waals surface area contributed by atoms with Gasteiger partial charge in [-0.1, -0.05) is 12.1 Å². The van der Waals surface area contributed by atoms with Gasteiger partial charge in [-0.15, -0.1) is 0 Å². The molecule has 2 aromatic rings. The highest BCUT2D eigenvalue weighted by molar-refractivity contribution is 6.04. The lowest BCUT2D eigenvalue weighted by Gasteiger charge is -2.05. The number of nitrogens with one attached hydrogen (secondary N) is 1. The molecule has 0 bridgehead atoms. The van der Waals surface area contributed by atoms with Crippen LogP contribution in [0.25, 0.3) is 0 Å². The maximum atomic E-state index is 13.3. The molecule has 0 saturated carbocycles. The Labute approximate surface area is 96.1 Å². The molecule has 86 valence electrons. The van der Waals surface area contributed by atoms with E-state index >= 15 is 0 Å². The van der Waals surface area contributed by atoms with Crippen LogP contribution in [0.2, 0.25) is 0 Å². The highest BCUT2D eigenvalue weighted by Crippen LogP contribution is 2.11. The van der Waals surface area contributed by atoms with Crippen LogP contribution in [0, 0.1) is 11.6 Å². The van der Waals surface area contributed by atoms with E-state index in [1.165, 1.54) is 24.4 Å². The van der Waals surface area contributed by atoms with Gasteiger partial charge in [0.1, 0.15) is 11.6 Å². The van der Waals surface area contributed by atoms with Gasteiger partial charge in [-0.05, 0) is 12.1 Å². The first-order valence-electron chi connectivity index (χ1n) is 4.83. The van der Waals surface area contributed by atoms with Gasteiger partial charge in [0.2, 0.25) is 0 Å². The molecule has 0 atom stereocenters. The zero-order chi connectivity index (χ0) is 12.3. The summed E-state index contributed by atoms with van der Waals surface area (Å²) in [6, 6.07) is 6.65. The summed E-state index contributed by atoms with van der Waals surface area (Å²) in [6.45, 7) is 0. The summed E-state index contributed by atoms with van der Waals surface area (Å²) in [5.74, 6) is -1.85. The molecule has 0 fully saturated rings. The summed E-state index contributed by atoms with van der Waals surface area (Å²) >= 11 is 0. The molecule has 0 aliphatic heterocycles. The molecule has 0 saturated heterocycles. The van der Waals surface area contributed by atoms with E-state index in [0.29, 0.717) is 0 Å². The average molecular weight is 234 g/mol. The van der Waals surface area contributed by atoms with Gasteiger partial charge in [-0.25, -0.2) is 8.78 Å². The van der Waals surface area contributed by atoms with Crippen LogP contribution in [-0.2, 0) is 0 Å². The zero-order valence-corrected chi connectivity index (χ0v) is 8.65. The molecule has 17 heavy (non-hydrogen) atoms. The first kappa shape index (κ1) is 11.2. The second-order valence-electron chi connectivity index (χ2n) is 3.33. The van der Waals surface area contributed by atoms with Crippen LogP contribution in [0.5, 0.6) is 0 Å². The quantitative estimate of drug-likeness (QED) is 0.867. The molecule has 1 aromatic carbocycles. The lowest BCUT2D eigenvalue weighted by atomic mass is 10.2. The largest absolute Gasteiger partial charge is 0.320 e. The van der Waals surface area contributed by atoms with Crippen LogP contribution in [0.3, 0.4) is 0 Å². The van der Waals surface area contributed by atoms with Crippen molar-refractivity contribution < 1.29 is 13.6 Å². The number of amides is 1. The van der Waals surface area contributed by atoms with E-state index < -0.39 is 17.5 Å². The van der Waals surface area contributed by atoms with Crippen LogP contribution < -0.4 is 5.32 Å². The predicted molar refractivity (Wildman–Crippen MR) is 58.5 cm³/mol. The summed E-state index contributed by atoms with van der Waals surface area (Å²) in [4.78, 5) is 15.2. The van der Waals surface area contributed by atoms with E-state index in [1.54, 1.807) is 6.07 Å². The van der Waals surface area contributed by atoms with E-state index in [-0.39, 0.29) is 11.3 Å². The fourth-order valence-electron chi connectivity index (χ4n) is 1.32. The molecular formula is C12H8F2N2O. The minimum absolute atomic E-state index is 0.100. The predicted octanol–water partition coefficient (Wildman–Crippen LogP) is 2.61. The highest BCUT2D eigenvalue weighted by Gasteiger charge is 2.11. The molecule has 3 nitrogen and oxygen atoms in total. The molecule has 1 N–H and O–H groups in total. The van der Waals surface area contributed by atoms with Gasteiger partial charge >= 0.3 is 0 Å². The number of rotatable bonds is 2. The lowest BCUT2D eigenvalue weighted by Crippen LogP contribution is -2.13. The third-order valence-corrected chi connectivity index (χ3v) is 2.08. The van der Waals surface area contributed by atoms with Crippen LogP contribution in [0.4, 0.5) is 14.5 Å². The maximum Gasteiger partial charge on any atom is 0.258 e. The normalized spacial score (nSPS) is 10.0. The lowest BCUT2D eigenvalue weighted by molar-refractivity contribution is 0.102. The van der Waals surface area contributed by atoms with Gasteiger partial charge in [0.25, 0.3) is 5.91 Å². The van der Waals surface area contributed by atoms with Crippen molar-refractivity contribution in [3.05, 3.63) is 59.9 Å². The molecule has 0 aliphatic carbocycles. The summed E-state index contributed by atoms with van der Waals surface area (Å²) in [5.41, 5.74) is 0.0787. The molecule has 0 spiro atoms. The minimum atomic E-state index is -0.643. The molecule has 5 heteroatoms. The van der Waals surface area contributed by atoms with Crippen molar-refractivity contribution >= 4 is 11.6 Å². The number of aromatic nitrogens is 1. The monoisotopic (exact) mass is 234 g/mol. The molecule has 1 amide bonds. The summed E-state index contributed by atoms with van der Waals surface area (Å²) in [6.07, 6.45) is 2.29. The van der Waals surface area contributed by atoms with Crippen LogP contribution in [0.1, 0.15) is 10.4 Å². The first-order valence-corrected chi connectivity index (χ1v) is 4.83. The number of hydrogen-bond acceptors (Lipinski definition) is 2. The number of carbonyl (C=O) groups excluding carboxylic acids is 1. The minimum Gasteiger partial charge on any atom is -0.320 e. The van der Waals surface area contributed by atoms with Crippen molar-refractivity contribution in [3.63, 3.8) is 0 Å². The Kier molecular flexibility index (Phi) is 3.09. The van der Waals surface area contributed by atoms with Gasteiger partial charge in [-0.2, -0.15) is 0 Å². The number of hydrogen-bond donors (Lipinski definition) is 1. The molecule has 1 aromatic heterocycles. The third-order valence-electron chi connectivity index (χ3n) is 2.08. The van der Waals surface area contributed by atoms with Crippen molar-refractivity contribution in [1.29, 1.82) is 0 Å². The zero-order valence-electron chi connectivity index (χ0n) is 8.65. The van der Waals surface area contributed by atoms with Gasteiger partial charge in [-0.3, -0.25) is 9.78 Å². The average Bonchev–Trinajstić information content (AvgIpc) is 2.29. The third kappa shape index (κ3) is 2.63. The first-order chi connectivity index (χ1) is 8.16. The van der Waals surface area contributed by atoms with Gasteiger partial charge in [0.15, 0.2) is 0 Å². The Morgan fingerprint density at radius 1 is 1.18 bits per heavy atom. The standard InChI is InChI=1S/C12H8F2N2O/c13-8-5-9(7-15-6-8)16-12(17)10-3-1-2-4-11(10)14/h1-7H,(H,16,17). The number of benzene rings is 1. The Morgan fingerprint density at radius 2 is 1.94 bits per heavy atom. The van der Waals surface area contributed by atoms with E-state index in [9.17, 15) is 13.6 Å². The van der Waals surface area contributed by atoms with Crippen LogP contribution in [0.15, 0.2) is 42.7 Å². The highest BCUT2D eigenvalue weighted by atomic mass is 19.1. The molecule has 0 radical (unpaired) electrons. The molecule has 0 unspecified atom stereocenters. The van der Waals surface area contributed by atoms with Crippen molar-refractivity contribution in [1.82, 2.24) is 4.98 Å². The van der Waals surface area contributed by atoms with Gasteiger partial charge in [0.05, 0.1) is 23.6 Å².